The summed E-state index contributed by atoms with van der Waals surface area (Å²) in [6.45, 7) is 7.52. The van der Waals surface area contributed by atoms with Crippen LogP contribution in [0.1, 0.15) is 27.2 Å². The third-order valence-corrected chi connectivity index (χ3v) is 2.19. The SMILES string of the molecule is CCCOc1cccnc1NC(C)(C)COC. The van der Waals surface area contributed by atoms with E-state index in [9.17, 15) is 0 Å². The quantitative estimate of drug-likeness (QED) is 0.793. The van der Waals surface area contributed by atoms with Gasteiger partial charge in [0.25, 0.3) is 0 Å². The number of hydrogen-bond donors (Lipinski definition) is 1. The molecule has 0 saturated heterocycles. The first-order chi connectivity index (χ1) is 8.09. The first-order valence-corrected chi connectivity index (χ1v) is 5.94. The van der Waals surface area contributed by atoms with E-state index in [1.165, 1.54) is 0 Å². The highest BCUT2D eigenvalue weighted by molar-refractivity contribution is 5.51. The number of nitrogens with zero attached hydrogens (tertiary/aromatic N) is 1. The fourth-order valence-corrected chi connectivity index (χ4v) is 1.53. The molecule has 4 heteroatoms. The van der Waals surface area contributed by atoms with Crippen molar-refractivity contribution in [3.63, 3.8) is 0 Å². The van der Waals surface area contributed by atoms with Gasteiger partial charge in [-0.3, -0.25) is 0 Å². The summed E-state index contributed by atoms with van der Waals surface area (Å²) < 4.78 is 10.8. The molecule has 0 fully saturated rings. The molecule has 96 valence electrons. The van der Waals surface area contributed by atoms with Crippen LogP contribution in [0.15, 0.2) is 18.3 Å². The zero-order chi connectivity index (χ0) is 12.7. The van der Waals surface area contributed by atoms with Crippen LogP contribution in [0.4, 0.5) is 5.82 Å². The molecule has 0 atom stereocenters. The highest BCUT2D eigenvalue weighted by Crippen LogP contribution is 2.24. The van der Waals surface area contributed by atoms with Crippen LogP contribution in [0.25, 0.3) is 0 Å². The Bertz CT molecular complexity index is 340. The molecule has 1 N–H and O–H groups in total. The van der Waals surface area contributed by atoms with E-state index in [4.69, 9.17) is 9.47 Å². The van der Waals surface area contributed by atoms with Gasteiger partial charge in [-0.05, 0) is 32.4 Å². The molecule has 0 bridgehead atoms. The van der Waals surface area contributed by atoms with Crippen molar-refractivity contribution < 1.29 is 9.47 Å². The average Bonchev–Trinajstić information content (AvgIpc) is 2.27. The Morgan fingerprint density at radius 2 is 2.18 bits per heavy atom. The minimum atomic E-state index is -0.173. The van der Waals surface area contributed by atoms with Crippen molar-refractivity contribution in [3.8, 4) is 5.75 Å². The van der Waals surface area contributed by atoms with Crippen molar-refractivity contribution in [1.82, 2.24) is 4.98 Å². The molecule has 0 aliphatic heterocycles. The molecular weight excluding hydrogens is 216 g/mol. The summed E-state index contributed by atoms with van der Waals surface area (Å²) in [6.07, 6.45) is 2.74. The first kappa shape index (κ1) is 13.8. The van der Waals surface area contributed by atoms with Gasteiger partial charge in [0.2, 0.25) is 0 Å². The highest BCUT2D eigenvalue weighted by Gasteiger charge is 2.19. The number of ether oxygens (including phenoxy) is 2. The molecule has 1 aromatic heterocycles. The molecule has 4 nitrogen and oxygen atoms in total. The van der Waals surface area contributed by atoms with Crippen molar-refractivity contribution in [2.75, 3.05) is 25.6 Å². The topological polar surface area (TPSA) is 43.4 Å². The fraction of sp³-hybridized carbons (Fsp3) is 0.615. The van der Waals surface area contributed by atoms with Gasteiger partial charge >= 0.3 is 0 Å². The van der Waals surface area contributed by atoms with Crippen LogP contribution < -0.4 is 10.1 Å². The largest absolute Gasteiger partial charge is 0.490 e. The molecule has 0 radical (unpaired) electrons. The van der Waals surface area contributed by atoms with Crippen LogP contribution in [0, 0.1) is 0 Å². The monoisotopic (exact) mass is 238 g/mol. The smallest absolute Gasteiger partial charge is 0.169 e. The van der Waals surface area contributed by atoms with Gasteiger partial charge in [0.1, 0.15) is 0 Å². The van der Waals surface area contributed by atoms with Crippen LogP contribution in [0.3, 0.4) is 0 Å². The van der Waals surface area contributed by atoms with E-state index >= 15 is 0 Å². The molecule has 0 aliphatic rings. The van der Waals surface area contributed by atoms with Crippen molar-refractivity contribution in [2.45, 2.75) is 32.7 Å². The Morgan fingerprint density at radius 1 is 1.41 bits per heavy atom. The maximum atomic E-state index is 5.64. The van der Waals surface area contributed by atoms with E-state index < -0.39 is 0 Å². The predicted molar refractivity (Wildman–Crippen MR) is 69.6 cm³/mol. The molecule has 0 aromatic carbocycles. The molecule has 0 saturated carbocycles. The van der Waals surface area contributed by atoms with Gasteiger partial charge in [0.15, 0.2) is 11.6 Å². The van der Waals surface area contributed by atoms with Gasteiger partial charge in [-0.15, -0.1) is 0 Å². The Morgan fingerprint density at radius 3 is 2.82 bits per heavy atom. The molecular formula is C13H22N2O2. The van der Waals surface area contributed by atoms with Crippen molar-refractivity contribution in [2.24, 2.45) is 0 Å². The molecule has 1 heterocycles. The third kappa shape index (κ3) is 4.61. The van der Waals surface area contributed by atoms with Gasteiger partial charge in [-0.2, -0.15) is 0 Å². The lowest BCUT2D eigenvalue weighted by atomic mass is 10.1. The lowest BCUT2D eigenvalue weighted by molar-refractivity contribution is 0.157. The van der Waals surface area contributed by atoms with Gasteiger partial charge in [-0.25, -0.2) is 4.98 Å². The Hall–Kier alpha value is -1.29. The van der Waals surface area contributed by atoms with E-state index in [1.54, 1.807) is 13.3 Å². The maximum absolute atomic E-state index is 5.64. The van der Waals surface area contributed by atoms with Gasteiger partial charge in [0, 0.05) is 13.3 Å². The van der Waals surface area contributed by atoms with Crippen molar-refractivity contribution >= 4 is 5.82 Å². The second-order valence-corrected chi connectivity index (χ2v) is 4.64. The number of pyridine rings is 1. The van der Waals surface area contributed by atoms with E-state index in [0.717, 1.165) is 18.0 Å². The summed E-state index contributed by atoms with van der Waals surface area (Å²) in [5.41, 5.74) is -0.173. The van der Waals surface area contributed by atoms with Crippen LogP contribution in [-0.4, -0.2) is 30.8 Å². The summed E-state index contributed by atoms with van der Waals surface area (Å²) in [4.78, 5) is 4.31. The second kappa shape index (κ2) is 6.45. The van der Waals surface area contributed by atoms with Gasteiger partial charge in [-0.1, -0.05) is 6.92 Å². The minimum Gasteiger partial charge on any atom is -0.490 e. The lowest BCUT2D eigenvalue weighted by Crippen LogP contribution is -2.36. The van der Waals surface area contributed by atoms with E-state index in [1.807, 2.05) is 12.1 Å². The molecule has 0 amide bonds. The maximum Gasteiger partial charge on any atom is 0.169 e. The third-order valence-electron chi connectivity index (χ3n) is 2.19. The Balaban J connectivity index is 2.75. The normalized spacial score (nSPS) is 11.3. The van der Waals surface area contributed by atoms with Crippen LogP contribution in [0.2, 0.25) is 0 Å². The van der Waals surface area contributed by atoms with E-state index in [-0.39, 0.29) is 5.54 Å². The minimum absolute atomic E-state index is 0.173. The first-order valence-electron chi connectivity index (χ1n) is 5.94. The summed E-state index contributed by atoms with van der Waals surface area (Å²) in [5.74, 6) is 1.56. The number of anilines is 1. The zero-order valence-electron chi connectivity index (χ0n) is 11.1. The predicted octanol–water partition coefficient (Wildman–Crippen LogP) is 2.71. The molecule has 0 aliphatic carbocycles. The molecule has 17 heavy (non-hydrogen) atoms. The number of aromatic nitrogens is 1. The van der Waals surface area contributed by atoms with Crippen LogP contribution in [-0.2, 0) is 4.74 Å². The van der Waals surface area contributed by atoms with Crippen LogP contribution >= 0.6 is 0 Å². The molecule has 0 spiro atoms. The van der Waals surface area contributed by atoms with Gasteiger partial charge < -0.3 is 14.8 Å². The summed E-state index contributed by atoms with van der Waals surface area (Å²) >= 11 is 0. The number of methoxy groups -OCH3 is 1. The Labute approximate surface area is 103 Å². The lowest BCUT2D eigenvalue weighted by Gasteiger charge is -2.26. The highest BCUT2D eigenvalue weighted by atomic mass is 16.5. The van der Waals surface area contributed by atoms with E-state index in [2.05, 4.69) is 31.1 Å². The fourth-order valence-electron chi connectivity index (χ4n) is 1.53. The number of hydrogen-bond acceptors (Lipinski definition) is 4. The van der Waals surface area contributed by atoms with E-state index in [0.29, 0.717) is 13.2 Å². The summed E-state index contributed by atoms with van der Waals surface area (Å²) in [6, 6.07) is 3.80. The van der Waals surface area contributed by atoms with Crippen molar-refractivity contribution in [3.05, 3.63) is 18.3 Å². The number of nitrogens with one attached hydrogen (secondary N) is 1. The van der Waals surface area contributed by atoms with Crippen LogP contribution in [0.5, 0.6) is 5.75 Å². The average molecular weight is 238 g/mol. The standard InChI is InChI=1S/C13H22N2O2/c1-5-9-17-11-7-6-8-14-12(11)15-13(2,3)10-16-4/h6-8H,5,9-10H2,1-4H3,(H,14,15). The second-order valence-electron chi connectivity index (χ2n) is 4.64. The molecule has 0 unspecified atom stereocenters. The van der Waals surface area contributed by atoms with Crippen molar-refractivity contribution in [1.29, 1.82) is 0 Å². The zero-order valence-corrected chi connectivity index (χ0v) is 11.1. The molecule has 1 aromatic rings. The Kier molecular flexibility index (Phi) is 5.22. The molecule has 1 rings (SSSR count). The van der Waals surface area contributed by atoms with Gasteiger partial charge in [0.05, 0.1) is 18.8 Å². The summed E-state index contributed by atoms with van der Waals surface area (Å²) in [7, 11) is 1.69. The summed E-state index contributed by atoms with van der Waals surface area (Å²) in [5, 5.41) is 3.34. The number of rotatable bonds is 7.